The van der Waals surface area contributed by atoms with Crippen molar-refractivity contribution in [2.24, 2.45) is 0 Å². The van der Waals surface area contributed by atoms with Gasteiger partial charge >= 0.3 is 17.9 Å². The number of methoxy groups -OCH3 is 2. The van der Waals surface area contributed by atoms with Crippen molar-refractivity contribution in [2.45, 2.75) is 164 Å². The first kappa shape index (κ1) is 67.1. The van der Waals surface area contributed by atoms with E-state index in [1.807, 2.05) is 49.7 Å². The quantitative estimate of drug-likeness (QED) is 0.0304. The largest absolute Gasteiger partial charge is 0.480 e. The smallest absolute Gasteiger partial charge is 0.320 e. The van der Waals surface area contributed by atoms with Crippen LogP contribution in [-0.2, 0) is 50.3 Å². The highest BCUT2D eigenvalue weighted by Gasteiger charge is 2.48. The molecule has 4 aromatic carbocycles. The van der Waals surface area contributed by atoms with Gasteiger partial charge in [0.2, 0.25) is 0 Å². The number of allylic oxidation sites excluding steroid dienone is 4. The Morgan fingerprint density at radius 1 is 0.432 bits per heavy atom. The second-order valence-corrected chi connectivity index (χ2v) is 26.1. The lowest BCUT2D eigenvalue weighted by atomic mass is 9.77. The monoisotopic (exact) mass is 1290 g/mol. The molecular weight excluding hydrogens is 1210 g/mol. The van der Waals surface area contributed by atoms with Crippen LogP contribution in [0.15, 0.2) is 140 Å². The maximum Gasteiger partial charge on any atom is 0.320 e. The van der Waals surface area contributed by atoms with Crippen molar-refractivity contribution in [3.8, 4) is 0 Å². The molecule has 3 aromatic heterocycles. The number of halogens is 4. The first-order valence-corrected chi connectivity index (χ1v) is 32.3. The third kappa shape index (κ3) is 13.4. The van der Waals surface area contributed by atoms with Crippen LogP contribution in [-0.4, -0.2) is 78.3 Å². The Hall–Kier alpha value is -9.36. The number of aliphatic carboxylic acids is 1. The molecule has 0 saturated heterocycles. The zero-order chi connectivity index (χ0) is 67.6. The van der Waals surface area contributed by atoms with Gasteiger partial charge in [0.25, 0.3) is 5.91 Å². The molecule has 1 amide bonds. The number of carboxylic acids is 1. The molecule has 7 aromatic rings. The first-order valence-electron chi connectivity index (χ1n) is 32.3. The zero-order valence-electron chi connectivity index (χ0n) is 54.4. The molecule has 3 saturated carbocycles. The molecular formula is C76H77F4N7O8. The molecule has 3 heterocycles. The number of carbonyl (C=O) groups is 4. The van der Waals surface area contributed by atoms with E-state index in [0.717, 1.165) is 101 Å². The lowest BCUT2D eigenvalue weighted by Gasteiger charge is -2.27. The van der Waals surface area contributed by atoms with E-state index in [2.05, 4.69) is 29.9 Å². The van der Waals surface area contributed by atoms with E-state index >= 15 is 0 Å². The van der Waals surface area contributed by atoms with E-state index in [0.29, 0.717) is 107 Å². The number of rotatable bonds is 14. The molecule has 0 radical (unpaired) electrons. The van der Waals surface area contributed by atoms with Crippen LogP contribution in [0.3, 0.4) is 0 Å². The molecule has 0 unspecified atom stereocenters. The maximum absolute atomic E-state index is 14.1. The van der Waals surface area contributed by atoms with Crippen LogP contribution < -0.4 is 5.48 Å². The minimum Gasteiger partial charge on any atom is -0.480 e. The van der Waals surface area contributed by atoms with Gasteiger partial charge in [0.15, 0.2) is 0 Å². The van der Waals surface area contributed by atoms with Crippen molar-refractivity contribution in [3.05, 3.63) is 242 Å². The molecule has 3 N–H and O–H groups in total. The highest BCUT2D eigenvalue weighted by molar-refractivity contribution is 5.95. The van der Waals surface area contributed by atoms with Crippen LogP contribution >= 0.6 is 0 Å². The van der Waals surface area contributed by atoms with Crippen molar-refractivity contribution in [2.75, 3.05) is 14.2 Å². The lowest BCUT2D eigenvalue weighted by molar-refractivity contribution is -0.146. The van der Waals surface area contributed by atoms with Crippen LogP contribution in [0.4, 0.5) is 17.6 Å². The van der Waals surface area contributed by atoms with Gasteiger partial charge in [-0.1, -0.05) is 78.4 Å². The van der Waals surface area contributed by atoms with Crippen molar-refractivity contribution in [1.82, 2.24) is 35.4 Å². The standard InChI is InChI=1S/C21H21FN2O2.C20H20FN3O2.C20H19FN2O2.C15H17FO2/c1-13-17(4-3-5-18(13)22)21(20(25)26-2)9-8-15(10-21)16-11-23-19(24-12-16)14-6-7-14;1-12-16(3-2-4-17(12)21)20(19(25)24-26)8-7-14(9-20)15-10-22-18(23-11-15)13-5-6-13;1-12-16(3-2-4-17(12)21)20(19(24)25)8-7-14(9-20)15-10-22-18(23-11-15)13-5-6-13;1-10-7-8-15(9-10,14(17)18-3)12-5-4-6-13(16)11(12)2/h3-5,10-12,14H,6-9H2,1-2H3;2-4,9-11,13,26H,5-8H2,1H3,(H,24,25);2-4,9-11,13H,5-8H2,1H3,(H,24,25);4-6,9H,7-8H2,1-3H3/t21-;2*20-;15-/m0000/s1. The van der Waals surface area contributed by atoms with E-state index in [4.69, 9.17) is 9.47 Å². The number of hydrogen-bond acceptors (Lipinski definition) is 13. The highest BCUT2D eigenvalue weighted by atomic mass is 19.1. The number of hydrogen-bond donors (Lipinski definition) is 3. The van der Waals surface area contributed by atoms with Gasteiger partial charge in [-0.3, -0.25) is 24.4 Å². The maximum atomic E-state index is 14.1. The van der Waals surface area contributed by atoms with Gasteiger partial charge in [-0.2, -0.15) is 0 Å². The molecule has 492 valence electrons. The molecule has 19 heteroatoms. The number of amides is 1. The number of ether oxygens (including phenoxy) is 2. The summed E-state index contributed by atoms with van der Waals surface area (Å²) in [6, 6.07) is 19.1. The van der Waals surface area contributed by atoms with Crippen LogP contribution in [0.1, 0.15) is 193 Å². The Balaban J connectivity index is 0.000000130. The average Bonchev–Trinajstić information content (AvgIpc) is 1.62. The fourth-order valence-corrected chi connectivity index (χ4v) is 13.9. The van der Waals surface area contributed by atoms with E-state index in [1.54, 1.807) is 100 Å². The number of carboxylic acid groups (broad SMARTS) is 1. The molecule has 15 nitrogen and oxygen atoms in total. The van der Waals surface area contributed by atoms with Crippen LogP contribution in [0.2, 0.25) is 0 Å². The molecule has 0 aliphatic heterocycles. The number of hydroxylamine groups is 1. The fraction of sp³-hybridized carbons (Fsp3) is 0.368. The van der Waals surface area contributed by atoms with Gasteiger partial charge in [-0.25, -0.2) is 52.9 Å². The van der Waals surface area contributed by atoms with Crippen LogP contribution in [0.25, 0.3) is 16.7 Å². The molecule has 4 atom stereocenters. The second-order valence-electron chi connectivity index (χ2n) is 26.1. The number of benzene rings is 4. The van der Waals surface area contributed by atoms with Gasteiger partial charge in [0.05, 0.1) is 19.6 Å². The predicted molar refractivity (Wildman–Crippen MR) is 350 cm³/mol. The molecule has 95 heavy (non-hydrogen) atoms. The van der Waals surface area contributed by atoms with Crippen molar-refractivity contribution < 1.29 is 56.5 Å². The Morgan fingerprint density at radius 3 is 1.02 bits per heavy atom. The third-order valence-electron chi connectivity index (χ3n) is 20.0. The molecule has 0 bridgehead atoms. The van der Waals surface area contributed by atoms with Gasteiger partial charge < -0.3 is 14.6 Å². The van der Waals surface area contributed by atoms with E-state index in [1.165, 1.54) is 38.5 Å². The minimum absolute atomic E-state index is 0.284. The lowest BCUT2D eigenvalue weighted by Crippen LogP contribution is -2.41. The Bertz CT molecular complexity index is 4090. The van der Waals surface area contributed by atoms with Crippen molar-refractivity contribution in [3.63, 3.8) is 0 Å². The molecule has 14 rings (SSSR count). The minimum atomic E-state index is -1.20. The number of carbonyl (C=O) groups excluding carboxylic acids is 3. The molecule has 7 aliphatic rings. The van der Waals surface area contributed by atoms with E-state index in [9.17, 15) is 47.1 Å². The number of esters is 2. The van der Waals surface area contributed by atoms with Gasteiger partial charge in [-0.15, -0.1) is 0 Å². The summed E-state index contributed by atoms with van der Waals surface area (Å²) in [4.78, 5) is 76.2. The van der Waals surface area contributed by atoms with Gasteiger partial charge in [0.1, 0.15) is 57.0 Å². The Labute approximate surface area is 550 Å². The summed E-state index contributed by atoms with van der Waals surface area (Å²) >= 11 is 0. The number of aromatic nitrogens is 6. The fourth-order valence-electron chi connectivity index (χ4n) is 13.9. The third-order valence-corrected chi connectivity index (χ3v) is 20.0. The normalized spacial score (nSPS) is 22.4. The summed E-state index contributed by atoms with van der Waals surface area (Å²) in [7, 11) is 2.75. The van der Waals surface area contributed by atoms with Crippen molar-refractivity contribution in [1.29, 1.82) is 0 Å². The van der Waals surface area contributed by atoms with Crippen LogP contribution in [0, 0.1) is 51.0 Å². The summed E-state index contributed by atoms with van der Waals surface area (Å²) in [6.45, 7) is 8.68. The number of nitrogens with one attached hydrogen (secondary N) is 1. The van der Waals surface area contributed by atoms with Crippen LogP contribution in [0.5, 0.6) is 0 Å². The van der Waals surface area contributed by atoms with Crippen molar-refractivity contribution >= 4 is 40.5 Å². The highest BCUT2D eigenvalue weighted by Crippen LogP contribution is 2.49. The zero-order valence-corrected chi connectivity index (χ0v) is 54.4. The average molecular weight is 1290 g/mol. The van der Waals surface area contributed by atoms with Gasteiger partial charge in [0, 0.05) is 71.6 Å². The topological polar surface area (TPSA) is 217 Å². The SMILES string of the molecule is COC(=O)[C@]1(c2cccc(F)c2C)C=C(C)CC1.COC(=O)[C@]1(c2cccc(F)c2C)C=C(c2cnc(C3CC3)nc2)CC1.Cc1c(F)cccc1[C@@]1(C(=O)NO)C=C(c2cnc(C3CC3)nc2)CC1.Cc1c(F)cccc1[C@@]1(C(=O)O)C=C(c2cnc(C3CC3)nc2)CC1. The number of nitrogens with zero attached hydrogens (tertiary/aromatic N) is 6. The van der Waals surface area contributed by atoms with Gasteiger partial charge in [-0.05, 0) is 210 Å². The summed E-state index contributed by atoms with van der Waals surface area (Å²) in [5, 5.41) is 19.2. The second kappa shape index (κ2) is 27.5. The molecule has 0 spiro atoms. The van der Waals surface area contributed by atoms with E-state index < -0.39 is 33.5 Å². The van der Waals surface area contributed by atoms with E-state index in [-0.39, 0.29) is 35.2 Å². The molecule has 7 aliphatic carbocycles. The summed E-state index contributed by atoms with van der Waals surface area (Å²) < 4.78 is 65.9. The predicted octanol–water partition coefficient (Wildman–Crippen LogP) is 14.8. The summed E-state index contributed by atoms with van der Waals surface area (Å²) in [6.07, 6.45) is 29.9. The first-order chi connectivity index (χ1) is 45.6. The Kier molecular flexibility index (Phi) is 19.4. The summed E-state index contributed by atoms with van der Waals surface area (Å²) in [5.41, 5.74) is 8.54. The molecule has 3 fully saturated rings. The summed E-state index contributed by atoms with van der Waals surface area (Å²) in [5.74, 6) is 0.574. The Morgan fingerprint density at radius 2 is 0.716 bits per heavy atom.